The maximum absolute atomic E-state index is 15.6. The third kappa shape index (κ3) is 6.15. The van der Waals surface area contributed by atoms with E-state index in [1.54, 1.807) is 13.0 Å². The first kappa shape index (κ1) is 36.8. The van der Waals surface area contributed by atoms with Crippen LogP contribution in [0.2, 0.25) is 0 Å². The average molecular weight is 768 g/mol. The molecular formula is C35H33F8N7O2S. The molecular weight excluding hydrogens is 734 g/mol. The molecule has 3 saturated heterocycles. The zero-order valence-electron chi connectivity index (χ0n) is 28.6. The number of nitrogen functional groups attached to an aromatic ring is 1. The van der Waals surface area contributed by atoms with E-state index in [2.05, 4.69) is 9.97 Å². The van der Waals surface area contributed by atoms with Crippen molar-refractivity contribution in [2.24, 2.45) is 5.92 Å². The number of ether oxygens (including phenoxy) is 1. The molecule has 3 aliphatic heterocycles. The van der Waals surface area contributed by atoms with Crippen molar-refractivity contribution in [3.05, 3.63) is 40.7 Å². The van der Waals surface area contributed by atoms with Crippen LogP contribution in [-0.2, 0) is 17.1 Å². The predicted molar refractivity (Wildman–Crippen MR) is 182 cm³/mol. The second-order valence-electron chi connectivity index (χ2n) is 14.1. The first-order valence-corrected chi connectivity index (χ1v) is 17.6. The molecule has 4 atom stereocenters. The summed E-state index contributed by atoms with van der Waals surface area (Å²) in [7, 11) is 1.46. The number of nitriles is 1. The lowest BCUT2D eigenvalue weighted by Gasteiger charge is -2.32. The molecule has 0 bridgehead atoms. The molecule has 0 radical (unpaired) electrons. The van der Waals surface area contributed by atoms with Gasteiger partial charge in [-0.2, -0.15) is 41.6 Å². The van der Waals surface area contributed by atoms with Gasteiger partial charge >= 0.3 is 18.4 Å². The number of likely N-dealkylation sites (tertiary alicyclic amines) is 1. The normalized spacial score (nSPS) is 23.6. The van der Waals surface area contributed by atoms with Crippen LogP contribution in [0.3, 0.4) is 0 Å². The number of anilines is 2. The average Bonchev–Trinajstić information content (AvgIpc) is 3.82. The van der Waals surface area contributed by atoms with Gasteiger partial charge in [-0.3, -0.25) is 9.69 Å². The topological polar surface area (TPSA) is 112 Å². The minimum atomic E-state index is -5.51. The Morgan fingerprint density at radius 1 is 1.17 bits per heavy atom. The molecule has 0 aliphatic carbocycles. The Morgan fingerprint density at radius 2 is 1.91 bits per heavy atom. The van der Waals surface area contributed by atoms with Crippen molar-refractivity contribution in [1.29, 1.82) is 5.26 Å². The monoisotopic (exact) mass is 767 g/mol. The van der Waals surface area contributed by atoms with Crippen molar-refractivity contribution >= 4 is 49.1 Å². The van der Waals surface area contributed by atoms with Crippen LogP contribution >= 0.6 is 11.3 Å². The smallest absolute Gasteiger partial charge is 0.419 e. The number of nitrogens with zero attached hydrogens (tertiary/aromatic N) is 6. The largest absolute Gasteiger partial charge is 0.461 e. The standard InChI is InChI=1S/C35H33F8N7O2S/c1-16-12-49(17(2)51)14-24(16)48(3)31-20-9-22(34(38,39)40)26(19-5-6-23(37)29-25(19)21(11-44)30(45)53-29)27(35(41,42)43)28(20)46-32(47-31)52-15-33-7-4-8-50(33)13-18(36)10-33/h5-6,9,16,18,24H,4,7-8,10,12-15,45H2,1-3H3/t16-,18+,24+,33-/m0/s1. The molecule has 2 aromatic heterocycles. The fourth-order valence-electron chi connectivity index (χ4n) is 8.37. The second kappa shape index (κ2) is 12.8. The molecule has 4 aromatic rings. The van der Waals surface area contributed by atoms with Gasteiger partial charge in [0, 0.05) is 56.4 Å². The van der Waals surface area contributed by atoms with Crippen molar-refractivity contribution in [2.75, 3.05) is 50.5 Å². The fourth-order valence-corrected chi connectivity index (χ4v) is 9.32. The highest BCUT2D eigenvalue weighted by Gasteiger charge is 2.50. The summed E-state index contributed by atoms with van der Waals surface area (Å²) >= 11 is 0.527. The number of likely N-dealkylation sites (N-methyl/N-ethyl adjacent to an activating group) is 1. The van der Waals surface area contributed by atoms with E-state index in [0.29, 0.717) is 30.4 Å². The van der Waals surface area contributed by atoms with E-state index < -0.39 is 90.7 Å². The summed E-state index contributed by atoms with van der Waals surface area (Å²) in [6.45, 7) is 4.12. The Labute approximate surface area is 301 Å². The van der Waals surface area contributed by atoms with E-state index in [1.807, 2.05) is 4.90 Å². The molecule has 2 N–H and O–H groups in total. The second-order valence-corrected chi connectivity index (χ2v) is 15.1. The number of alkyl halides is 7. The van der Waals surface area contributed by atoms with Crippen LogP contribution in [0.5, 0.6) is 6.01 Å². The van der Waals surface area contributed by atoms with Gasteiger partial charge in [0.05, 0.1) is 38.5 Å². The number of hydrogen-bond donors (Lipinski definition) is 1. The van der Waals surface area contributed by atoms with E-state index in [1.165, 1.54) is 23.8 Å². The number of thiophene rings is 1. The number of halogens is 8. The Bertz CT molecular complexity index is 2180. The quantitative estimate of drug-likeness (QED) is 0.202. The van der Waals surface area contributed by atoms with Crippen molar-refractivity contribution in [1.82, 2.24) is 19.8 Å². The minimum Gasteiger partial charge on any atom is -0.461 e. The molecule has 5 heterocycles. The van der Waals surface area contributed by atoms with Gasteiger partial charge in [-0.1, -0.05) is 13.0 Å². The summed E-state index contributed by atoms with van der Waals surface area (Å²) in [6.07, 6.45) is -10.7. The first-order chi connectivity index (χ1) is 24.8. The number of nitrogens with two attached hydrogens (primary N) is 1. The molecule has 0 saturated carbocycles. The van der Waals surface area contributed by atoms with Gasteiger partial charge < -0.3 is 20.3 Å². The van der Waals surface area contributed by atoms with E-state index in [9.17, 15) is 14.4 Å². The summed E-state index contributed by atoms with van der Waals surface area (Å²) in [4.78, 5) is 25.7. The molecule has 3 aliphatic rings. The molecule has 0 spiro atoms. The summed E-state index contributed by atoms with van der Waals surface area (Å²) in [5, 5.41) is 8.46. The molecule has 18 heteroatoms. The van der Waals surface area contributed by atoms with Crippen LogP contribution in [0, 0.1) is 23.1 Å². The minimum absolute atomic E-state index is 0.116. The highest BCUT2D eigenvalue weighted by molar-refractivity contribution is 7.23. The third-order valence-electron chi connectivity index (χ3n) is 10.8. The summed E-state index contributed by atoms with van der Waals surface area (Å²) < 4.78 is 127. The van der Waals surface area contributed by atoms with Gasteiger partial charge in [-0.05, 0) is 43.0 Å². The van der Waals surface area contributed by atoms with Gasteiger partial charge in [-0.25, -0.2) is 8.78 Å². The van der Waals surface area contributed by atoms with E-state index in [0.717, 1.165) is 18.6 Å². The van der Waals surface area contributed by atoms with Crippen LogP contribution in [-0.4, -0.2) is 83.3 Å². The van der Waals surface area contributed by atoms with Crippen molar-refractivity contribution in [3.63, 3.8) is 0 Å². The van der Waals surface area contributed by atoms with Gasteiger partial charge in [0.25, 0.3) is 0 Å². The molecule has 0 unspecified atom stereocenters. The van der Waals surface area contributed by atoms with Crippen molar-refractivity contribution < 1.29 is 44.7 Å². The van der Waals surface area contributed by atoms with Gasteiger partial charge in [0.15, 0.2) is 0 Å². The van der Waals surface area contributed by atoms with E-state index in [4.69, 9.17) is 10.5 Å². The third-order valence-corrected chi connectivity index (χ3v) is 11.8. The number of amides is 1. The van der Waals surface area contributed by atoms with Crippen LogP contribution in [0.15, 0.2) is 18.2 Å². The molecule has 7 rings (SSSR count). The van der Waals surface area contributed by atoms with Crippen LogP contribution in [0.4, 0.5) is 45.9 Å². The Morgan fingerprint density at radius 3 is 2.55 bits per heavy atom. The lowest BCUT2D eigenvalue weighted by atomic mass is 9.88. The molecule has 9 nitrogen and oxygen atoms in total. The Balaban J connectivity index is 1.53. The predicted octanol–water partition coefficient (Wildman–Crippen LogP) is 7.40. The number of hydrogen-bond acceptors (Lipinski definition) is 9. The summed E-state index contributed by atoms with van der Waals surface area (Å²) in [5.74, 6) is -1.83. The number of carbonyl (C=O) groups is 1. The number of benzene rings is 2. The Kier molecular flexibility index (Phi) is 8.91. The number of carbonyl (C=O) groups excluding carboxylic acids is 1. The first-order valence-electron chi connectivity index (χ1n) is 16.8. The molecule has 2 aromatic carbocycles. The number of rotatable bonds is 6. The maximum Gasteiger partial charge on any atom is 0.419 e. The lowest BCUT2D eigenvalue weighted by molar-refractivity contribution is -0.141. The van der Waals surface area contributed by atoms with Crippen molar-refractivity contribution in [2.45, 2.75) is 63.2 Å². The zero-order valence-corrected chi connectivity index (χ0v) is 29.4. The Hall–Kier alpha value is -4.50. The highest BCUT2D eigenvalue weighted by atomic mass is 32.1. The zero-order chi connectivity index (χ0) is 38.4. The van der Waals surface area contributed by atoms with Gasteiger partial charge in [0.1, 0.15) is 35.5 Å². The van der Waals surface area contributed by atoms with Crippen LogP contribution in [0.1, 0.15) is 49.8 Å². The van der Waals surface area contributed by atoms with E-state index >= 15 is 30.7 Å². The van der Waals surface area contributed by atoms with Crippen LogP contribution in [0.25, 0.3) is 32.1 Å². The van der Waals surface area contributed by atoms with Gasteiger partial charge in [0.2, 0.25) is 5.91 Å². The molecule has 282 valence electrons. The van der Waals surface area contributed by atoms with E-state index in [-0.39, 0.29) is 55.3 Å². The lowest BCUT2D eigenvalue weighted by Crippen LogP contribution is -2.43. The number of aromatic nitrogens is 2. The van der Waals surface area contributed by atoms with Gasteiger partial charge in [-0.15, -0.1) is 11.3 Å². The molecule has 1 amide bonds. The molecule has 3 fully saturated rings. The maximum atomic E-state index is 15.6. The number of fused-ring (bicyclic) bond motifs is 3. The summed E-state index contributed by atoms with van der Waals surface area (Å²) in [6, 6.07) is 2.56. The highest BCUT2D eigenvalue weighted by Crippen LogP contribution is 2.52. The SMILES string of the molecule is CC(=O)N1C[C@@H](N(C)c2nc(OC[C@@]34CCCN3C[C@H](F)C4)nc3c(C(F)(F)F)c(-c4ccc(F)c5sc(N)c(C#N)c45)c(C(F)(F)F)cc23)[C@@H](C)C1. The van der Waals surface area contributed by atoms with Crippen LogP contribution < -0.4 is 15.4 Å². The molecule has 53 heavy (non-hydrogen) atoms. The fraction of sp³-hybridized carbons (Fsp3) is 0.486. The summed E-state index contributed by atoms with van der Waals surface area (Å²) in [5.41, 5.74) is -1.88. The van der Waals surface area contributed by atoms with Crippen molar-refractivity contribution in [3.8, 4) is 23.2 Å².